The van der Waals surface area contributed by atoms with Crippen LogP contribution in [0.1, 0.15) is 76.3 Å². The smallest absolute Gasteiger partial charge is 0.159 e. The van der Waals surface area contributed by atoms with Gasteiger partial charge in [-0.15, -0.1) is 22.7 Å². The Labute approximate surface area is 213 Å². The van der Waals surface area contributed by atoms with Crippen LogP contribution in [0.2, 0.25) is 0 Å². The minimum absolute atomic E-state index is 0.806. The average molecular weight is 489 g/mol. The second kappa shape index (κ2) is 13.0. The quantitative estimate of drug-likeness (QED) is 0.175. The van der Waals surface area contributed by atoms with Gasteiger partial charge in [0.25, 0.3) is 0 Å². The second-order valence-electron chi connectivity index (χ2n) is 9.01. The van der Waals surface area contributed by atoms with Crippen molar-refractivity contribution in [2.45, 2.75) is 78.1 Å². The van der Waals surface area contributed by atoms with Gasteiger partial charge < -0.3 is 0 Å². The fourth-order valence-corrected chi connectivity index (χ4v) is 6.31. The Kier molecular flexibility index (Phi) is 9.46. The Hall–Kier alpha value is -2.30. The van der Waals surface area contributed by atoms with E-state index < -0.39 is 0 Å². The fourth-order valence-electron chi connectivity index (χ4n) is 4.42. The van der Waals surface area contributed by atoms with Crippen LogP contribution in [-0.4, -0.2) is 9.97 Å². The number of unbranched alkanes of at least 4 members (excludes halogenated alkanes) is 6. The Morgan fingerprint density at radius 1 is 0.618 bits per heavy atom. The Bertz CT molecular complexity index is 1140. The first-order valence-electron chi connectivity index (χ1n) is 12.9. The lowest BCUT2D eigenvalue weighted by molar-refractivity contribution is 0.668. The number of nitrogens with zero attached hydrogens (tertiary/aromatic N) is 2. The monoisotopic (exact) mass is 488 g/mol. The number of rotatable bonds is 13. The van der Waals surface area contributed by atoms with Crippen molar-refractivity contribution in [1.29, 1.82) is 0 Å². The molecule has 0 saturated heterocycles. The zero-order valence-corrected chi connectivity index (χ0v) is 22.2. The molecule has 1 aromatic carbocycles. The maximum Gasteiger partial charge on any atom is 0.159 e. The molecule has 0 N–H and O–H groups in total. The summed E-state index contributed by atoms with van der Waals surface area (Å²) < 4.78 is 0. The third-order valence-corrected chi connectivity index (χ3v) is 8.37. The van der Waals surface area contributed by atoms with Gasteiger partial charge in [-0.25, -0.2) is 9.97 Å². The molecule has 178 valence electrons. The van der Waals surface area contributed by atoms with Crippen molar-refractivity contribution in [3.05, 3.63) is 70.5 Å². The molecule has 0 radical (unpaired) electrons. The highest BCUT2D eigenvalue weighted by Gasteiger charge is 2.12. The first-order valence-corrected chi connectivity index (χ1v) is 14.6. The van der Waals surface area contributed by atoms with Gasteiger partial charge in [0.05, 0.1) is 10.6 Å². The van der Waals surface area contributed by atoms with Crippen molar-refractivity contribution < 1.29 is 0 Å². The van der Waals surface area contributed by atoms with E-state index in [0.29, 0.717) is 0 Å². The van der Waals surface area contributed by atoms with Gasteiger partial charge in [-0.1, -0.05) is 76.6 Å². The van der Waals surface area contributed by atoms with E-state index >= 15 is 0 Å². The summed E-state index contributed by atoms with van der Waals surface area (Å²) >= 11 is 3.64. The van der Waals surface area contributed by atoms with Gasteiger partial charge in [0, 0.05) is 16.6 Å². The molecule has 4 heteroatoms. The lowest BCUT2D eigenvalue weighted by atomic mass is 10.0. The van der Waals surface area contributed by atoms with Crippen LogP contribution in [0.5, 0.6) is 0 Å². The summed E-state index contributed by atoms with van der Waals surface area (Å²) in [5, 5.41) is 4.42. The van der Waals surface area contributed by atoms with Gasteiger partial charge >= 0.3 is 0 Å². The molecule has 3 heterocycles. The molecule has 4 aromatic rings. The highest BCUT2D eigenvalue weighted by Crippen LogP contribution is 2.33. The molecule has 34 heavy (non-hydrogen) atoms. The molecular formula is C30H36N2S2. The van der Waals surface area contributed by atoms with Gasteiger partial charge in [-0.2, -0.15) is 0 Å². The van der Waals surface area contributed by atoms with E-state index in [-0.39, 0.29) is 0 Å². The van der Waals surface area contributed by atoms with E-state index in [1.807, 2.05) is 17.5 Å². The molecular weight excluding hydrogens is 452 g/mol. The van der Waals surface area contributed by atoms with Crippen molar-refractivity contribution in [3.8, 4) is 32.4 Å². The van der Waals surface area contributed by atoms with E-state index in [9.17, 15) is 0 Å². The number of benzene rings is 1. The predicted molar refractivity (Wildman–Crippen MR) is 150 cm³/mol. The molecule has 0 aliphatic carbocycles. The van der Waals surface area contributed by atoms with Gasteiger partial charge in [-0.3, -0.25) is 0 Å². The van der Waals surface area contributed by atoms with Crippen LogP contribution >= 0.6 is 22.7 Å². The minimum Gasteiger partial charge on any atom is -0.237 e. The zero-order chi connectivity index (χ0) is 23.6. The maximum absolute atomic E-state index is 4.96. The molecule has 0 aliphatic heterocycles. The summed E-state index contributed by atoms with van der Waals surface area (Å²) in [6, 6.07) is 15.4. The van der Waals surface area contributed by atoms with E-state index in [4.69, 9.17) is 4.98 Å². The van der Waals surface area contributed by atoms with Crippen LogP contribution in [0.3, 0.4) is 0 Å². The molecule has 0 fully saturated rings. The van der Waals surface area contributed by atoms with Gasteiger partial charge in [-0.05, 0) is 71.3 Å². The van der Waals surface area contributed by atoms with Crippen molar-refractivity contribution in [3.63, 3.8) is 0 Å². The summed E-state index contributed by atoms with van der Waals surface area (Å²) in [7, 11) is 0. The topological polar surface area (TPSA) is 25.8 Å². The summed E-state index contributed by atoms with van der Waals surface area (Å²) in [5.74, 6) is 0.806. The number of aromatic nitrogens is 2. The van der Waals surface area contributed by atoms with Gasteiger partial charge in [0.2, 0.25) is 0 Å². The van der Waals surface area contributed by atoms with Gasteiger partial charge in [0.15, 0.2) is 5.82 Å². The average Bonchev–Trinajstić information content (AvgIpc) is 3.54. The zero-order valence-electron chi connectivity index (χ0n) is 20.6. The van der Waals surface area contributed by atoms with E-state index in [1.165, 1.54) is 84.2 Å². The lowest BCUT2D eigenvalue weighted by Crippen LogP contribution is -1.93. The second-order valence-corrected chi connectivity index (χ2v) is 10.8. The third kappa shape index (κ3) is 6.43. The predicted octanol–water partition coefficient (Wildman–Crippen LogP) is 9.85. The largest absolute Gasteiger partial charge is 0.237 e. The SMILES string of the molecule is CCCCCCc1ccsc1-c1ccc(-c2nccc(-c3sccc3CCCCCC)n2)cc1. The minimum atomic E-state index is 0.806. The molecule has 3 aromatic heterocycles. The van der Waals surface area contributed by atoms with Crippen LogP contribution in [0, 0.1) is 0 Å². The summed E-state index contributed by atoms with van der Waals surface area (Å²) in [4.78, 5) is 12.3. The van der Waals surface area contributed by atoms with E-state index in [1.54, 1.807) is 11.3 Å². The van der Waals surface area contributed by atoms with Crippen LogP contribution in [0.4, 0.5) is 0 Å². The highest BCUT2D eigenvalue weighted by atomic mass is 32.1. The van der Waals surface area contributed by atoms with Crippen molar-refractivity contribution in [2.24, 2.45) is 0 Å². The van der Waals surface area contributed by atoms with Crippen LogP contribution in [0.15, 0.2) is 59.4 Å². The van der Waals surface area contributed by atoms with Gasteiger partial charge in [0.1, 0.15) is 0 Å². The molecule has 0 unspecified atom stereocenters. The molecule has 0 bridgehead atoms. The molecule has 0 atom stereocenters. The third-order valence-electron chi connectivity index (χ3n) is 6.39. The lowest BCUT2D eigenvalue weighted by Gasteiger charge is -2.08. The normalized spacial score (nSPS) is 11.2. The Morgan fingerprint density at radius 3 is 1.85 bits per heavy atom. The van der Waals surface area contributed by atoms with Crippen LogP contribution < -0.4 is 0 Å². The van der Waals surface area contributed by atoms with Crippen molar-refractivity contribution >= 4 is 22.7 Å². The van der Waals surface area contributed by atoms with Crippen LogP contribution in [-0.2, 0) is 12.8 Å². The standard InChI is InChI=1S/C30H36N2S2/c1-3-5-7-9-11-23-18-21-33-28(23)25-13-15-26(16-14-25)30-31-20-17-27(32-30)29-24(19-22-34-29)12-10-8-6-4-2/h13-22H,3-12H2,1-2H3. The summed E-state index contributed by atoms with van der Waals surface area (Å²) in [6.45, 7) is 4.53. The van der Waals surface area contributed by atoms with E-state index in [2.05, 4.69) is 72.1 Å². The first-order chi connectivity index (χ1) is 16.8. The molecule has 0 saturated carbocycles. The number of hydrogen-bond acceptors (Lipinski definition) is 4. The molecule has 2 nitrogen and oxygen atoms in total. The Morgan fingerprint density at radius 2 is 1.21 bits per heavy atom. The molecule has 4 rings (SSSR count). The summed E-state index contributed by atoms with van der Waals surface area (Å²) in [6.07, 6.45) is 14.6. The van der Waals surface area contributed by atoms with Crippen molar-refractivity contribution in [2.75, 3.05) is 0 Å². The summed E-state index contributed by atoms with van der Waals surface area (Å²) in [5.41, 5.74) is 6.32. The highest BCUT2D eigenvalue weighted by molar-refractivity contribution is 7.14. The fraction of sp³-hybridized carbons (Fsp3) is 0.400. The number of hydrogen-bond donors (Lipinski definition) is 0. The van der Waals surface area contributed by atoms with Crippen molar-refractivity contribution in [1.82, 2.24) is 9.97 Å². The molecule has 0 aliphatic rings. The number of thiophene rings is 2. The van der Waals surface area contributed by atoms with Crippen LogP contribution in [0.25, 0.3) is 32.4 Å². The molecule has 0 spiro atoms. The maximum atomic E-state index is 4.96. The number of aryl methyl sites for hydroxylation is 2. The first kappa shape index (κ1) is 24.8. The van der Waals surface area contributed by atoms with E-state index in [0.717, 1.165) is 23.5 Å². The Balaban J connectivity index is 1.47. The molecule has 0 amide bonds.